The topological polar surface area (TPSA) is 72.7 Å². The monoisotopic (exact) mass is 270 g/mol. The molecule has 0 radical (unpaired) electrons. The van der Waals surface area contributed by atoms with Crippen LogP contribution < -0.4 is 0 Å². The maximum absolute atomic E-state index is 12.2. The fraction of sp³-hybridized carbons (Fsp3) is 0.545. The standard InChI is InChI=1S/C11H14N2O4S/c1-7-5-12(6-8(2)17-7)11(14)9-3-4-10(18-9)13(15)16/h3-4,7-8H,5-6H2,1-2H3/t7-,8-/m0/s1. The lowest BCUT2D eigenvalue weighted by atomic mass is 10.2. The molecule has 7 heteroatoms. The lowest BCUT2D eigenvalue weighted by Crippen LogP contribution is -2.48. The molecule has 0 N–H and O–H groups in total. The highest BCUT2D eigenvalue weighted by molar-refractivity contribution is 7.17. The number of nitrogens with zero attached hydrogens (tertiary/aromatic N) is 2. The van der Waals surface area contributed by atoms with Gasteiger partial charge in [0.15, 0.2) is 0 Å². The molecule has 6 nitrogen and oxygen atoms in total. The average molecular weight is 270 g/mol. The molecule has 2 rings (SSSR count). The first-order valence-corrected chi connectivity index (χ1v) is 6.48. The molecule has 1 aliphatic heterocycles. The van der Waals surface area contributed by atoms with Gasteiger partial charge in [-0.3, -0.25) is 14.9 Å². The average Bonchev–Trinajstić information content (AvgIpc) is 2.75. The molecule has 0 aliphatic carbocycles. The molecule has 0 bridgehead atoms. The van der Waals surface area contributed by atoms with E-state index in [1.165, 1.54) is 12.1 Å². The second-order valence-corrected chi connectivity index (χ2v) is 5.42. The van der Waals surface area contributed by atoms with Crippen molar-refractivity contribution in [1.29, 1.82) is 0 Å². The molecule has 2 atom stereocenters. The summed E-state index contributed by atoms with van der Waals surface area (Å²) in [7, 11) is 0. The van der Waals surface area contributed by atoms with E-state index in [-0.39, 0.29) is 23.1 Å². The van der Waals surface area contributed by atoms with Crippen molar-refractivity contribution >= 4 is 22.2 Å². The van der Waals surface area contributed by atoms with Crippen LogP contribution in [0.4, 0.5) is 5.00 Å². The van der Waals surface area contributed by atoms with Gasteiger partial charge in [0.05, 0.1) is 22.0 Å². The Hall–Kier alpha value is -1.47. The fourth-order valence-corrected chi connectivity index (χ4v) is 2.83. The SMILES string of the molecule is C[C@H]1CN(C(=O)c2ccc([N+](=O)[O-])s2)C[C@H](C)O1. The first kappa shape index (κ1) is 13.0. The molecule has 1 aliphatic rings. The van der Waals surface area contributed by atoms with Crippen LogP contribution in [0.2, 0.25) is 0 Å². The number of hydrogen-bond donors (Lipinski definition) is 0. The normalized spacial score (nSPS) is 24.0. The van der Waals surface area contributed by atoms with Crippen LogP contribution in [0, 0.1) is 10.1 Å². The molecule has 0 aromatic carbocycles. The van der Waals surface area contributed by atoms with E-state index in [0.717, 1.165) is 11.3 Å². The summed E-state index contributed by atoms with van der Waals surface area (Å²) in [5.41, 5.74) is 0. The van der Waals surface area contributed by atoms with Crippen LogP contribution >= 0.6 is 11.3 Å². The Kier molecular flexibility index (Phi) is 3.63. The number of carbonyl (C=O) groups is 1. The van der Waals surface area contributed by atoms with Crippen LogP contribution in [0.15, 0.2) is 12.1 Å². The molecule has 2 heterocycles. The van der Waals surface area contributed by atoms with Crippen molar-refractivity contribution in [1.82, 2.24) is 4.90 Å². The van der Waals surface area contributed by atoms with Crippen molar-refractivity contribution in [2.24, 2.45) is 0 Å². The van der Waals surface area contributed by atoms with Gasteiger partial charge in [-0.15, -0.1) is 0 Å². The number of carbonyl (C=O) groups excluding carboxylic acids is 1. The number of ether oxygens (including phenoxy) is 1. The molecule has 0 unspecified atom stereocenters. The highest BCUT2D eigenvalue weighted by Gasteiger charge is 2.28. The van der Waals surface area contributed by atoms with Gasteiger partial charge in [0.2, 0.25) is 0 Å². The minimum atomic E-state index is -0.480. The molecule has 1 saturated heterocycles. The number of nitro groups is 1. The Labute approximate surface area is 108 Å². The van der Waals surface area contributed by atoms with E-state index < -0.39 is 4.92 Å². The Morgan fingerprint density at radius 3 is 2.56 bits per heavy atom. The summed E-state index contributed by atoms with van der Waals surface area (Å²) in [6.45, 7) is 4.86. The molecule has 1 aromatic rings. The third-order valence-electron chi connectivity index (χ3n) is 2.69. The van der Waals surface area contributed by atoms with Crippen LogP contribution in [-0.4, -0.2) is 41.0 Å². The summed E-state index contributed by atoms with van der Waals surface area (Å²) in [6.07, 6.45) is -0.0136. The zero-order valence-corrected chi connectivity index (χ0v) is 11.0. The van der Waals surface area contributed by atoms with Gasteiger partial charge in [-0.1, -0.05) is 11.3 Å². The quantitative estimate of drug-likeness (QED) is 0.608. The molecule has 18 heavy (non-hydrogen) atoms. The van der Waals surface area contributed by atoms with Crippen molar-refractivity contribution in [3.8, 4) is 0 Å². The first-order valence-electron chi connectivity index (χ1n) is 5.66. The van der Waals surface area contributed by atoms with Crippen LogP contribution in [0.3, 0.4) is 0 Å². The van der Waals surface area contributed by atoms with Crippen molar-refractivity contribution in [2.45, 2.75) is 26.1 Å². The van der Waals surface area contributed by atoms with Crippen molar-refractivity contribution < 1.29 is 14.5 Å². The summed E-state index contributed by atoms with van der Waals surface area (Å²) in [4.78, 5) is 24.4. The van der Waals surface area contributed by atoms with E-state index in [9.17, 15) is 14.9 Å². The van der Waals surface area contributed by atoms with Gasteiger partial charge in [0, 0.05) is 19.2 Å². The molecule has 0 spiro atoms. The smallest absolute Gasteiger partial charge is 0.324 e. The number of thiophene rings is 1. The Morgan fingerprint density at radius 2 is 2.06 bits per heavy atom. The van der Waals surface area contributed by atoms with E-state index in [1.807, 2.05) is 13.8 Å². The van der Waals surface area contributed by atoms with Crippen molar-refractivity contribution in [3.05, 3.63) is 27.1 Å². The molecular weight excluding hydrogens is 256 g/mol. The van der Waals surface area contributed by atoms with Gasteiger partial charge in [0.25, 0.3) is 5.91 Å². The Bertz CT molecular complexity index is 463. The third-order valence-corrected chi connectivity index (χ3v) is 3.71. The van der Waals surface area contributed by atoms with Gasteiger partial charge in [-0.05, 0) is 19.9 Å². The Morgan fingerprint density at radius 1 is 1.44 bits per heavy atom. The second-order valence-electron chi connectivity index (χ2n) is 4.36. The molecule has 1 amide bonds. The Balaban J connectivity index is 2.12. The predicted molar refractivity (Wildman–Crippen MR) is 66.9 cm³/mol. The number of amides is 1. The minimum absolute atomic E-state index is 0.00675. The van der Waals surface area contributed by atoms with E-state index in [1.54, 1.807) is 4.90 Å². The summed E-state index contributed by atoms with van der Waals surface area (Å²) < 4.78 is 5.55. The van der Waals surface area contributed by atoms with E-state index in [4.69, 9.17) is 4.74 Å². The molecular formula is C11H14N2O4S. The molecule has 0 saturated carbocycles. The minimum Gasteiger partial charge on any atom is -0.372 e. The van der Waals surface area contributed by atoms with E-state index in [0.29, 0.717) is 18.0 Å². The summed E-state index contributed by atoms with van der Waals surface area (Å²) in [5, 5.41) is 10.6. The largest absolute Gasteiger partial charge is 0.372 e. The van der Waals surface area contributed by atoms with Crippen molar-refractivity contribution in [3.63, 3.8) is 0 Å². The lowest BCUT2D eigenvalue weighted by Gasteiger charge is -2.35. The third kappa shape index (κ3) is 2.68. The van der Waals surface area contributed by atoms with E-state index >= 15 is 0 Å². The molecule has 1 fully saturated rings. The maximum atomic E-state index is 12.2. The fourth-order valence-electron chi connectivity index (χ4n) is 2.04. The van der Waals surface area contributed by atoms with Crippen LogP contribution in [0.1, 0.15) is 23.5 Å². The number of morpholine rings is 1. The van der Waals surface area contributed by atoms with Crippen LogP contribution in [-0.2, 0) is 4.74 Å². The highest BCUT2D eigenvalue weighted by Crippen LogP contribution is 2.26. The first-order chi connectivity index (χ1) is 8.47. The lowest BCUT2D eigenvalue weighted by molar-refractivity contribution is -0.380. The summed E-state index contributed by atoms with van der Waals surface area (Å²) >= 11 is 0.914. The molecule has 1 aromatic heterocycles. The zero-order valence-electron chi connectivity index (χ0n) is 10.2. The van der Waals surface area contributed by atoms with Gasteiger partial charge >= 0.3 is 5.00 Å². The van der Waals surface area contributed by atoms with Gasteiger partial charge < -0.3 is 9.64 Å². The number of rotatable bonds is 2. The van der Waals surface area contributed by atoms with Crippen LogP contribution in [0.5, 0.6) is 0 Å². The summed E-state index contributed by atoms with van der Waals surface area (Å²) in [6, 6.07) is 2.88. The highest BCUT2D eigenvalue weighted by atomic mass is 32.1. The summed E-state index contributed by atoms with van der Waals surface area (Å²) in [5.74, 6) is -0.157. The maximum Gasteiger partial charge on any atom is 0.324 e. The second kappa shape index (κ2) is 5.03. The molecule has 98 valence electrons. The zero-order chi connectivity index (χ0) is 13.3. The predicted octanol–water partition coefficient (Wildman–Crippen LogP) is 1.91. The van der Waals surface area contributed by atoms with Gasteiger partial charge in [0.1, 0.15) is 0 Å². The van der Waals surface area contributed by atoms with Crippen molar-refractivity contribution in [2.75, 3.05) is 13.1 Å². The van der Waals surface area contributed by atoms with Gasteiger partial charge in [-0.2, -0.15) is 0 Å². The van der Waals surface area contributed by atoms with E-state index in [2.05, 4.69) is 0 Å². The number of hydrogen-bond acceptors (Lipinski definition) is 5. The van der Waals surface area contributed by atoms with Crippen LogP contribution in [0.25, 0.3) is 0 Å². The van der Waals surface area contributed by atoms with Gasteiger partial charge in [-0.25, -0.2) is 0 Å².